The van der Waals surface area contributed by atoms with Gasteiger partial charge in [-0.2, -0.15) is 0 Å². The highest BCUT2D eigenvalue weighted by atomic mass is 32.2. The number of hydrogen-bond donors (Lipinski definition) is 1. The highest BCUT2D eigenvalue weighted by Crippen LogP contribution is 2.31. The molecular formula is C15H21NO2S. The van der Waals surface area contributed by atoms with Crippen LogP contribution in [0.2, 0.25) is 0 Å². The highest BCUT2D eigenvalue weighted by molar-refractivity contribution is 7.99. The number of nitrogens with zero attached hydrogens (tertiary/aromatic N) is 1. The number of carboxylic acid groups (broad SMARTS) is 1. The van der Waals surface area contributed by atoms with Gasteiger partial charge in [0, 0.05) is 17.2 Å². The molecule has 1 aromatic carbocycles. The molecule has 0 bridgehead atoms. The maximum Gasteiger partial charge on any atom is 0.309 e. The lowest BCUT2D eigenvalue weighted by Crippen LogP contribution is -2.43. The Balaban J connectivity index is 1.70. The van der Waals surface area contributed by atoms with Crippen molar-refractivity contribution in [2.75, 3.05) is 25.4 Å². The van der Waals surface area contributed by atoms with Crippen molar-refractivity contribution >= 4 is 17.7 Å². The van der Waals surface area contributed by atoms with Gasteiger partial charge >= 0.3 is 5.97 Å². The predicted molar refractivity (Wildman–Crippen MR) is 78.6 cm³/mol. The Kier molecular flexibility index (Phi) is 4.88. The van der Waals surface area contributed by atoms with Gasteiger partial charge in [-0.15, -0.1) is 11.8 Å². The summed E-state index contributed by atoms with van der Waals surface area (Å²) in [6.07, 6.45) is 1.52. The molecule has 1 aliphatic heterocycles. The van der Waals surface area contributed by atoms with Crippen molar-refractivity contribution in [3.05, 3.63) is 30.3 Å². The second-order valence-corrected chi connectivity index (χ2v) is 6.54. The third kappa shape index (κ3) is 3.98. The lowest BCUT2D eigenvalue weighted by molar-refractivity contribution is -0.150. The normalized spacial score (nSPS) is 19.2. The van der Waals surface area contributed by atoms with E-state index in [1.165, 1.54) is 4.90 Å². The van der Waals surface area contributed by atoms with Crippen molar-refractivity contribution in [1.29, 1.82) is 0 Å². The Labute approximate surface area is 119 Å². The molecule has 1 saturated heterocycles. The van der Waals surface area contributed by atoms with Crippen LogP contribution in [0.4, 0.5) is 0 Å². The van der Waals surface area contributed by atoms with Crippen LogP contribution in [0.15, 0.2) is 35.2 Å². The molecule has 0 spiro atoms. The predicted octanol–water partition coefficient (Wildman–Crippen LogP) is 2.97. The Hall–Kier alpha value is -1.00. The van der Waals surface area contributed by atoms with Gasteiger partial charge in [-0.25, -0.2) is 0 Å². The SMILES string of the molecule is CC1(C(=O)O)CCN(CCSc2ccccc2)CC1. The molecule has 0 saturated carbocycles. The van der Waals surface area contributed by atoms with Gasteiger partial charge in [-0.1, -0.05) is 18.2 Å². The fraction of sp³-hybridized carbons (Fsp3) is 0.533. The molecule has 4 heteroatoms. The Morgan fingerprint density at radius 1 is 1.32 bits per heavy atom. The van der Waals surface area contributed by atoms with Crippen LogP contribution < -0.4 is 0 Å². The zero-order valence-corrected chi connectivity index (χ0v) is 12.2. The van der Waals surface area contributed by atoms with E-state index in [-0.39, 0.29) is 0 Å². The van der Waals surface area contributed by atoms with E-state index >= 15 is 0 Å². The lowest BCUT2D eigenvalue weighted by atomic mass is 9.80. The number of carboxylic acids is 1. The molecule has 0 amide bonds. The van der Waals surface area contributed by atoms with Crippen LogP contribution in [0.3, 0.4) is 0 Å². The van der Waals surface area contributed by atoms with E-state index in [4.69, 9.17) is 0 Å². The molecule has 0 atom stereocenters. The van der Waals surface area contributed by atoms with Gasteiger partial charge in [-0.3, -0.25) is 4.79 Å². The molecule has 19 heavy (non-hydrogen) atoms. The molecule has 0 radical (unpaired) electrons. The minimum atomic E-state index is -0.647. The topological polar surface area (TPSA) is 40.5 Å². The summed E-state index contributed by atoms with van der Waals surface area (Å²) in [5.74, 6) is 0.416. The van der Waals surface area contributed by atoms with Crippen molar-refractivity contribution in [1.82, 2.24) is 4.90 Å². The van der Waals surface area contributed by atoms with Crippen LogP contribution in [0.25, 0.3) is 0 Å². The number of aliphatic carboxylic acids is 1. The van der Waals surface area contributed by atoms with Gasteiger partial charge in [-0.05, 0) is 45.0 Å². The fourth-order valence-corrected chi connectivity index (χ4v) is 3.23. The van der Waals surface area contributed by atoms with Gasteiger partial charge in [0.2, 0.25) is 0 Å². The maximum absolute atomic E-state index is 11.2. The first-order valence-corrected chi connectivity index (χ1v) is 7.72. The van der Waals surface area contributed by atoms with Gasteiger partial charge in [0.25, 0.3) is 0 Å². The van der Waals surface area contributed by atoms with E-state index < -0.39 is 11.4 Å². The summed E-state index contributed by atoms with van der Waals surface area (Å²) < 4.78 is 0. The van der Waals surface area contributed by atoms with E-state index in [0.717, 1.165) is 38.2 Å². The van der Waals surface area contributed by atoms with E-state index in [0.29, 0.717) is 0 Å². The molecule has 1 fully saturated rings. The molecule has 0 aliphatic carbocycles. The van der Waals surface area contributed by atoms with Gasteiger partial charge in [0.05, 0.1) is 5.41 Å². The van der Waals surface area contributed by atoms with Gasteiger partial charge < -0.3 is 10.0 Å². The van der Waals surface area contributed by atoms with Crippen LogP contribution in [-0.2, 0) is 4.79 Å². The summed E-state index contributed by atoms with van der Waals surface area (Å²) in [5, 5.41) is 9.19. The first kappa shape index (κ1) is 14.4. The maximum atomic E-state index is 11.2. The quantitative estimate of drug-likeness (QED) is 0.841. The van der Waals surface area contributed by atoms with E-state index in [1.807, 2.05) is 24.8 Å². The standard InChI is InChI=1S/C15H21NO2S/c1-15(14(17)18)7-9-16(10-8-15)11-12-19-13-5-3-2-4-6-13/h2-6H,7-12H2,1H3,(H,17,18). The third-order valence-electron chi connectivity index (χ3n) is 3.90. The van der Waals surface area contributed by atoms with Crippen LogP contribution in [-0.4, -0.2) is 41.4 Å². The first-order valence-electron chi connectivity index (χ1n) is 6.74. The Morgan fingerprint density at radius 2 is 1.95 bits per heavy atom. The molecule has 1 aliphatic rings. The number of piperidine rings is 1. The summed E-state index contributed by atoms with van der Waals surface area (Å²) in [6, 6.07) is 10.4. The minimum Gasteiger partial charge on any atom is -0.481 e. The van der Waals surface area contributed by atoms with E-state index in [1.54, 1.807) is 0 Å². The van der Waals surface area contributed by atoms with Gasteiger partial charge in [0.15, 0.2) is 0 Å². The van der Waals surface area contributed by atoms with E-state index in [2.05, 4.69) is 29.2 Å². The number of carbonyl (C=O) groups is 1. The molecule has 104 valence electrons. The number of benzene rings is 1. The first-order chi connectivity index (χ1) is 9.10. The largest absolute Gasteiger partial charge is 0.481 e. The van der Waals surface area contributed by atoms with Crippen molar-refractivity contribution < 1.29 is 9.90 Å². The highest BCUT2D eigenvalue weighted by Gasteiger charge is 2.36. The molecule has 1 aromatic rings. The minimum absolute atomic E-state index is 0.511. The number of likely N-dealkylation sites (tertiary alicyclic amines) is 1. The Morgan fingerprint density at radius 3 is 2.53 bits per heavy atom. The second kappa shape index (κ2) is 6.44. The molecule has 3 nitrogen and oxygen atoms in total. The molecule has 0 unspecified atom stereocenters. The molecule has 0 aromatic heterocycles. The summed E-state index contributed by atoms with van der Waals surface area (Å²) in [4.78, 5) is 14.8. The second-order valence-electron chi connectivity index (χ2n) is 5.37. The van der Waals surface area contributed by atoms with Crippen molar-refractivity contribution in [3.8, 4) is 0 Å². The van der Waals surface area contributed by atoms with Crippen molar-refractivity contribution in [3.63, 3.8) is 0 Å². The van der Waals surface area contributed by atoms with Crippen LogP contribution in [0, 0.1) is 5.41 Å². The summed E-state index contributed by atoms with van der Waals surface area (Å²) >= 11 is 1.86. The number of hydrogen-bond acceptors (Lipinski definition) is 3. The number of rotatable bonds is 5. The van der Waals surface area contributed by atoms with Crippen LogP contribution in [0.1, 0.15) is 19.8 Å². The van der Waals surface area contributed by atoms with Crippen LogP contribution in [0.5, 0.6) is 0 Å². The van der Waals surface area contributed by atoms with Gasteiger partial charge in [0.1, 0.15) is 0 Å². The average Bonchev–Trinajstić information content (AvgIpc) is 2.42. The lowest BCUT2D eigenvalue weighted by Gasteiger charge is -2.36. The number of thioether (sulfide) groups is 1. The molecule has 1 N–H and O–H groups in total. The van der Waals surface area contributed by atoms with Crippen molar-refractivity contribution in [2.24, 2.45) is 5.41 Å². The summed E-state index contributed by atoms with van der Waals surface area (Å²) in [5.41, 5.74) is -0.511. The van der Waals surface area contributed by atoms with Crippen molar-refractivity contribution in [2.45, 2.75) is 24.7 Å². The Bertz CT molecular complexity index is 413. The molecule has 1 heterocycles. The zero-order chi connectivity index (χ0) is 13.7. The third-order valence-corrected chi connectivity index (χ3v) is 4.89. The monoisotopic (exact) mass is 279 g/mol. The fourth-order valence-electron chi connectivity index (χ4n) is 2.29. The summed E-state index contributed by atoms with van der Waals surface area (Å²) in [7, 11) is 0. The molecular weight excluding hydrogens is 258 g/mol. The van der Waals surface area contributed by atoms with Crippen LogP contribution >= 0.6 is 11.8 Å². The zero-order valence-electron chi connectivity index (χ0n) is 11.3. The van der Waals surface area contributed by atoms with E-state index in [9.17, 15) is 9.90 Å². The molecule has 2 rings (SSSR count). The smallest absolute Gasteiger partial charge is 0.309 e. The average molecular weight is 279 g/mol. The summed E-state index contributed by atoms with van der Waals surface area (Å²) in [6.45, 7) is 4.71.